The van der Waals surface area contributed by atoms with E-state index in [1.807, 2.05) is 29.0 Å². The fourth-order valence-electron chi connectivity index (χ4n) is 2.11. The summed E-state index contributed by atoms with van der Waals surface area (Å²) in [4.78, 5) is 13.8. The maximum Gasteiger partial charge on any atom is 0.406 e. The zero-order chi connectivity index (χ0) is 18.4. The molecule has 2 aromatic rings. The zero-order valence-corrected chi connectivity index (χ0v) is 15.1. The third-order valence-electron chi connectivity index (χ3n) is 3.17. The van der Waals surface area contributed by atoms with Crippen molar-refractivity contribution in [3.63, 3.8) is 0 Å². The van der Waals surface area contributed by atoms with Gasteiger partial charge >= 0.3 is 6.18 Å². The van der Waals surface area contributed by atoms with Crippen LogP contribution < -0.4 is 0 Å². The molecule has 0 aliphatic rings. The molecule has 0 saturated carbocycles. The van der Waals surface area contributed by atoms with E-state index in [0.717, 1.165) is 21.5 Å². The highest BCUT2D eigenvalue weighted by Gasteiger charge is 2.32. The van der Waals surface area contributed by atoms with Crippen LogP contribution in [-0.4, -0.2) is 50.6 Å². The molecule has 2 aromatic heterocycles. The molecule has 0 radical (unpaired) electrons. The van der Waals surface area contributed by atoms with Crippen LogP contribution in [0, 0.1) is 0 Å². The second-order valence-electron chi connectivity index (χ2n) is 4.99. The van der Waals surface area contributed by atoms with Gasteiger partial charge in [0, 0.05) is 13.1 Å². The summed E-state index contributed by atoms with van der Waals surface area (Å²) < 4.78 is 39.6. The van der Waals surface area contributed by atoms with Gasteiger partial charge in [0.1, 0.15) is 6.54 Å². The molecule has 2 heterocycles. The lowest BCUT2D eigenvalue weighted by Gasteiger charge is -2.22. The lowest BCUT2D eigenvalue weighted by molar-refractivity contribution is -0.158. The Morgan fingerprint density at radius 1 is 1.48 bits per heavy atom. The maximum absolute atomic E-state index is 12.6. The molecule has 0 spiro atoms. The Labute approximate surface area is 151 Å². The van der Waals surface area contributed by atoms with Crippen LogP contribution in [-0.2, 0) is 11.3 Å². The van der Waals surface area contributed by atoms with Crippen molar-refractivity contribution in [2.45, 2.75) is 24.8 Å². The molecule has 136 valence electrons. The SMILES string of the molecule is C=CCN(CC(F)(F)F)C(=O)CSc1nnc(-c2cccs2)n1CC. The first kappa shape index (κ1) is 19.5. The summed E-state index contributed by atoms with van der Waals surface area (Å²) in [6, 6.07) is 3.81. The highest BCUT2D eigenvalue weighted by atomic mass is 32.2. The monoisotopic (exact) mass is 390 g/mol. The van der Waals surface area contributed by atoms with Crippen LogP contribution in [0.5, 0.6) is 0 Å². The number of carbonyl (C=O) groups excluding carboxylic acids is 1. The zero-order valence-electron chi connectivity index (χ0n) is 13.5. The van der Waals surface area contributed by atoms with Gasteiger partial charge in [-0.05, 0) is 18.4 Å². The summed E-state index contributed by atoms with van der Waals surface area (Å²) in [7, 11) is 0. The maximum atomic E-state index is 12.6. The molecule has 2 rings (SSSR count). The molecule has 0 aromatic carbocycles. The Balaban J connectivity index is 2.07. The highest BCUT2D eigenvalue weighted by molar-refractivity contribution is 7.99. The first-order valence-electron chi connectivity index (χ1n) is 7.41. The molecule has 0 atom stereocenters. The smallest absolute Gasteiger partial charge is 0.329 e. The van der Waals surface area contributed by atoms with Crippen LogP contribution in [0.25, 0.3) is 10.7 Å². The number of halogens is 3. The topological polar surface area (TPSA) is 51.0 Å². The number of carbonyl (C=O) groups is 1. The Kier molecular flexibility index (Phi) is 6.65. The van der Waals surface area contributed by atoms with Gasteiger partial charge in [-0.1, -0.05) is 23.9 Å². The number of hydrogen-bond donors (Lipinski definition) is 0. The van der Waals surface area contributed by atoms with E-state index in [-0.39, 0.29) is 12.3 Å². The van der Waals surface area contributed by atoms with Gasteiger partial charge < -0.3 is 9.47 Å². The minimum atomic E-state index is -4.45. The van der Waals surface area contributed by atoms with Crippen molar-refractivity contribution < 1.29 is 18.0 Å². The van der Waals surface area contributed by atoms with Crippen LogP contribution in [0.4, 0.5) is 13.2 Å². The van der Waals surface area contributed by atoms with E-state index in [0.29, 0.717) is 17.5 Å². The van der Waals surface area contributed by atoms with Crippen LogP contribution in [0.2, 0.25) is 0 Å². The van der Waals surface area contributed by atoms with Crippen molar-refractivity contribution in [3.05, 3.63) is 30.2 Å². The summed E-state index contributed by atoms with van der Waals surface area (Å²) in [6.45, 7) is 4.46. The standard InChI is InChI=1S/C15H17F3N4OS2/c1-3-7-21(10-15(16,17)18)12(23)9-25-14-20-19-13(22(14)4-2)11-6-5-8-24-11/h3,5-6,8H,1,4,7,9-10H2,2H3. The van der Waals surface area contributed by atoms with E-state index in [1.165, 1.54) is 17.4 Å². The van der Waals surface area contributed by atoms with Crippen LogP contribution in [0.1, 0.15) is 6.92 Å². The molecule has 5 nitrogen and oxygen atoms in total. The van der Waals surface area contributed by atoms with E-state index in [2.05, 4.69) is 16.8 Å². The van der Waals surface area contributed by atoms with E-state index < -0.39 is 18.6 Å². The highest BCUT2D eigenvalue weighted by Crippen LogP contribution is 2.27. The average Bonchev–Trinajstić information content (AvgIpc) is 3.19. The summed E-state index contributed by atoms with van der Waals surface area (Å²) in [5, 5.41) is 10.6. The van der Waals surface area contributed by atoms with Crippen molar-refractivity contribution in [3.8, 4) is 10.7 Å². The molecule has 0 unspecified atom stereocenters. The molecule has 0 fully saturated rings. The van der Waals surface area contributed by atoms with Gasteiger partial charge in [-0.2, -0.15) is 13.2 Å². The number of alkyl halides is 3. The number of hydrogen-bond acceptors (Lipinski definition) is 5. The molecule has 0 N–H and O–H groups in total. The third kappa shape index (κ3) is 5.33. The second kappa shape index (κ2) is 8.52. The number of aromatic nitrogens is 3. The van der Waals surface area contributed by atoms with Gasteiger partial charge in [0.05, 0.1) is 10.6 Å². The van der Waals surface area contributed by atoms with Crippen molar-refractivity contribution >= 4 is 29.0 Å². The molecule has 0 bridgehead atoms. The Morgan fingerprint density at radius 2 is 2.24 bits per heavy atom. The minimum absolute atomic E-state index is 0.146. The predicted octanol–water partition coefficient (Wildman–Crippen LogP) is 3.70. The Hall–Kier alpha value is -1.81. The average molecular weight is 390 g/mol. The van der Waals surface area contributed by atoms with E-state index in [9.17, 15) is 18.0 Å². The fraction of sp³-hybridized carbons (Fsp3) is 0.400. The number of thioether (sulfide) groups is 1. The Morgan fingerprint density at radius 3 is 2.80 bits per heavy atom. The first-order valence-corrected chi connectivity index (χ1v) is 9.27. The molecule has 25 heavy (non-hydrogen) atoms. The summed E-state index contributed by atoms with van der Waals surface area (Å²) in [5.74, 6) is -0.0804. The van der Waals surface area contributed by atoms with Crippen LogP contribution >= 0.6 is 23.1 Å². The van der Waals surface area contributed by atoms with E-state index >= 15 is 0 Å². The molecular weight excluding hydrogens is 373 g/mol. The number of rotatable bonds is 8. The van der Waals surface area contributed by atoms with Gasteiger partial charge in [0.25, 0.3) is 0 Å². The Bertz CT molecular complexity index is 713. The lowest BCUT2D eigenvalue weighted by Crippen LogP contribution is -2.40. The van der Waals surface area contributed by atoms with Crippen molar-refractivity contribution in [1.29, 1.82) is 0 Å². The van der Waals surface area contributed by atoms with Gasteiger partial charge in [-0.15, -0.1) is 28.1 Å². The summed E-state index contributed by atoms with van der Waals surface area (Å²) in [6.07, 6.45) is -3.17. The first-order chi connectivity index (χ1) is 11.9. The molecule has 0 aliphatic carbocycles. The van der Waals surface area contributed by atoms with Gasteiger partial charge in [-0.3, -0.25) is 4.79 Å². The fourth-order valence-corrected chi connectivity index (χ4v) is 3.74. The molecular formula is C15H17F3N4OS2. The number of amides is 1. The molecule has 10 heteroatoms. The third-order valence-corrected chi connectivity index (χ3v) is 4.99. The van der Waals surface area contributed by atoms with E-state index in [4.69, 9.17) is 0 Å². The second-order valence-corrected chi connectivity index (χ2v) is 6.88. The molecule has 0 saturated heterocycles. The van der Waals surface area contributed by atoms with Gasteiger partial charge in [0.2, 0.25) is 5.91 Å². The van der Waals surface area contributed by atoms with E-state index in [1.54, 1.807) is 0 Å². The largest absolute Gasteiger partial charge is 0.406 e. The summed E-state index contributed by atoms with van der Waals surface area (Å²) >= 11 is 2.60. The number of nitrogens with zero attached hydrogens (tertiary/aromatic N) is 4. The van der Waals surface area contributed by atoms with Gasteiger partial charge in [-0.25, -0.2) is 0 Å². The lowest BCUT2D eigenvalue weighted by atomic mass is 10.4. The normalized spacial score (nSPS) is 11.5. The van der Waals surface area contributed by atoms with Crippen molar-refractivity contribution in [1.82, 2.24) is 19.7 Å². The van der Waals surface area contributed by atoms with Crippen molar-refractivity contribution in [2.24, 2.45) is 0 Å². The summed E-state index contributed by atoms with van der Waals surface area (Å²) in [5.41, 5.74) is 0. The van der Waals surface area contributed by atoms with Gasteiger partial charge in [0.15, 0.2) is 11.0 Å². The van der Waals surface area contributed by atoms with Crippen LogP contribution in [0.15, 0.2) is 35.3 Å². The van der Waals surface area contributed by atoms with Crippen molar-refractivity contribution in [2.75, 3.05) is 18.8 Å². The quantitative estimate of drug-likeness (QED) is 0.510. The molecule has 0 aliphatic heterocycles. The number of thiophene rings is 1. The minimum Gasteiger partial charge on any atom is -0.329 e. The van der Waals surface area contributed by atoms with Crippen LogP contribution in [0.3, 0.4) is 0 Å². The molecule has 1 amide bonds. The predicted molar refractivity (Wildman–Crippen MR) is 92.6 cm³/mol.